The van der Waals surface area contributed by atoms with Gasteiger partial charge in [0.2, 0.25) is 5.69 Å². The summed E-state index contributed by atoms with van der Waals surface area (Å²) in [5.41, 5.74) is -0.596. The molecule has 0 aliphatic heterocycles. The van der Waals surface area contributed by atoms with Gasteiger partial charge in [-0.15, -0.1) is 0 Å². The van der Waals surface area contributed by atoms with Crippen LogP contribution in [-0.2, 0) is 13.1 Å². The second-order valence-corrected chi connectivity index (χ2v) is 6.47. The van der Waals surface area contributed by atoms with Crippen LogP contribution >= 0.6 is 23.2 Å². The van der Waals surface area contributed by atoms with Gasteiger partial charge in [-0.05, 0) is 19.1 Å². The Kier molecular flexibility index (Phi) is 5.61. The third-order valence-electron chi connectivity index (χ3n) is 3.81. The molecule has 1 amide bonds. The Morgan fingerprint density at radius 2 is 2.00 bits per heavy atom. The van der Waals surface area contributed by atoms with Gasteiger partial charge in [-0.2, -0.15) is 10.2 Å². The van der Waals surface area contributed by atoms with Crippen molar-refractivity contribution in [2.75, 3.05) is 5.32 Å². The molecular formula is C16H13Cl2FN6O3. The standard InChI is InChI=1S/C16H13Cl2FN6O3/c1-2-23-8-13(25(27)28)14(21-23)16(26)20-15-11(18)7-24(22-15)6-9-10(17)4-3-5-12(9)19/h3-5,7-8H,2,6H2,1H3,(H,20,22,26). The Balaban J connectivity index is 1.84. The van der Waals surface area contributed by atoms with Crippen molar-refractivity contribution < 1.29 is 14.1 Å². The van der Waals surface area contributed by atoms with E-state index in [1.807, 2.05) is 0 Å². The molecule has 2 aromatic heterocycles. The minimum Gasteiger partial charge on any atom is -0.302 e. The van der Waals surface area contributed by atoms with Crippen molar-refractivity contribution in [2.45, 2.75) is 20.0 Å². The van der Waals surface area contributed by atoms with Gasteiger partial charge in [0.25, 0.3) is 5.91 Å². The monoisotopic (exact) mass is 426 g/mol. The average molecular weight is 427 g/mol. The van der Waals surface area contributed by atoms with Gasteiger partial charge >= 0.3 is 5.69 Å². The van der Waals surface area contributed by atoms with Crippen molar-refractivity contribution >= 4 is 40.6 Å². The van der Waals surface area contributed by atoms with Gasteiger partial charge in [-0.25, -0.2) is 4.39 Å². The number of halogens is 3. The first-order chi connectivity index (χ1) is 13.3. The maximum absolute atomic E-state index is 13.9. The van der Waals surface area contributed by atoms with Crippen molar-refractivity contribution in [3.63, 3.8) is 0 Å². The van der Waals surface area contributed by atoms with Gasteiger partial charge in [0.05, 0.1) is 11.5 Å². The molecule has 9 nitrogen and oxygen atoms in total. The molecule has 0 saturated carbocycles. The highest BCUT2D eigenvalue weighted by Gasteiger charge is 2.26. The van der Waals surface area contributed by atoms with Gasteiger partial charge in [-0.3, -0.25) is 24.3 Å². The number of anilines is 1. The Hall–Kier alpha value is -2.98. The fourth-order valence-electron chi connectivity index (χ4n) is 2.44. The van der Waals surface area contributed by atoms with Gasteiger partial charge in [-0.1, -0.05) is 29.3 Å². The Labute approximate surface area is 167 Å². The van der Waals surface area contributed by atoms with E-state index in [1.165, 1.54) is 33.8 Å². The lowest BCUT2D eigenvalue weighted by Gasteiger charge is -2.05. The number of aromatic nitrogens is 4. The number of amides is 1. The second-order valence-electron chi connectivity index (χ2n) is 5.65. The molecule has 0 aliphatic carbocycles. The van der Waals surface area contributed by atoms with E-state index in [4.69, 9.17) is 23.2 Å². The summed E-state index contributed by atoms with van der Waals surface area (Å²) in [6, 6.07) is 4.28. The van der Waals surface area contributed by atoms with Crippen molar-refractivity contribution in [1.29, 1.82) is 0 Å². The number of nitrogens with one attached hydrogen (secondary N) is 1. The summed E-state index contributed by atoms with van der Waals surface area (Å²) in [5, 5.41) is 21.8. The van der Waals surface area contributed by atoms with Crippen molar-refractivity contribution in [3.05, 3.63) is 67.8 Å². The molecule has 28 heavy (non-hydrogen) atoms. The third-order valence-corrected chi connectivity index (χ3v) is 4.44. The second kappa shape index (κ2) is 7.95. The Morgan fingerprint density at radius 1 is 1.25 bits per heavy atom. The van der Waals surface area contributed by atoms with E-state index in [0.29, 0.717) is 6.54 Å². The summed E-state index contributed by atoms with van der Waals surface area (Å²) < 4.78 is 16.5. The fraction of sp³-hybridized carbons (Fsp3) is 0.188. The van der Waals surface area contributed by atoms with Crippen molar-refractivity contribution in [2.24, 2.45) is 0 Å². The molecule has 12 heteroatoms. The molecule has 146 valence electrons. The molecule has 0 bridgehead atoms. The van der Waals surface area contributed by atoms with Gasteiger partial charge in [0.15, 0.2) is 5.82 Å². The number of hydrogen-bond donors (Lipinski definition) is 1. The number of aryl methyl sites for hydroxylation is 1. The lowest BCUT2D eigenvalue weighted by atomic mass is 10.2. The third kappa shape index (κ3) is 3.97. The van der Waals surface area contributed by atoms with E-state index >= 15 is 0 Å². The minimum absolute atomic E-state index is 0.0221. The summed E-state index contributed by atoms with van der Waals surface area (Å²) in [7, 11) is 0. The van der Waals surface area contributed by atoms with Crippen molar-refractivity contribution in [3.8, 4) is 0 Å². The zero-order chi connectivity index (χ0) is 20.4. The zero-order valence-corrected chi connectivity index (χ0v) is 15.9. The number of benzene rings is 1. The van der Waals surface area contributed by atoms with Crippen LogP contribution in [0.3, 0.4) is 0 Å². The summed E-state index contributed by atoms with van der Waals surface area (Å²) >= 11 is 12.1. The molecule has 0 fully saturated rings. The number of rotatable bonds is 6. The number of hydrogen-bond acceptors (Lipinski definition) is 5. The van der Waals surface area contributed by atoms with E-state index in [2.05, 4.69) is 15.5 Å². The highest BCUT2D eigenvalue weighted by molar-refractivity contribution is 6.33. The number of nitro groups is 1. The predicted octanol–water partition coefficient (Wildman–Crippen LogP) is 3.75. The molecule has 0 aliphatic rings. The van der Waals surface area contributed by atoms with Gasteiger partial charge in [0, 0.05) is 23.3 Å². The predicted molar refractivity (Wildman–Crippen MR) is 100 cm³/mol. The van der Waals surface area contributed by atoms with Crippen molar-refractivity contribution in [1.82, 2.24) is 19.6 Å². The lowest BCUT2D eigenvalue weighted by Crippen LogP contribution is -2.16. The number of nitrogens with zero attached hydrogens (tertiary/aromatic N) is 5. The summed E-state index contributed by atoms with van der Waals surface area (Å²) in [6.07, 6.45) is 2.54. The van der Waals surface area contributed by atoms with E-state index in [-0.39, 0.29) is 33.7 Å². The van der Waals surface area contributed by atoms with Gasteiger partial charge in [0.1, 0.15) is 17.0 Å². The first-order valence-electron chi connectivity index (χ1n) is 7.99. The SMILES string of the molecule is CCn1cc([N+](=O)[O-])c(C(=O)Nc2nn(Cc3c(F)cccc3Cl)cc2Cl)n1. The molecule has 1 aromatic carbocycles. The lowest BCUT2D eigenvalue weighted by molar-refractivity contribution is -0.385. The molecule has 0 atom stereocenters. The van der Waals surface area contributed by atoms with Crippen LogP contribution in [0, 0.1) is 15.9 Å². The summed E-state index contributed by atoms with van der Waals surface area (Å²) in [6.45, 7) is 2.06. The number of carbonyl (C=O) groups excluding carboxylic acids is 1. The first kappa shape index (κ1) is 19.8. The molecule has 3 rings (SSSR count). The van der Waals surface area contributed by atoms with E-state index in [9.17, 15) is 19.3 Å². The summed E-state index contributed by atoms with van der Waals surface area (Å²) in [5.74, 6) is -1.39. The van der Waals surface area contributed by atoms with Crippen LogP contribution in [0.4, 0.5) is 15.9 Å². The molecule has 0 saturated heterocycles. The van der Waals surface area contributed by atoms with Crippen LogP contribution in [-0.4, -0.2) is 30.4 Å². The topological polar surface area (TPSA) is 108 Å². The zero-order valence-electron chi connectivity index (χ0n) is 14.4. The van der Waals surface area contributed by atoms with E-state index < -0.39 is 22.3 Å². The molecular weight excluding hydrogens is 414 g/mol. The van der Waals surface area contributed by atoms with Crippen LogP contribution in [0.15, 0.2) is 30.6 Å². The molecule has 1 N–H and O–H groups in total. The van der Waals surface area contributed by atoms with Crippen LogP contribution in [0.5, 0.6) is 0 Å². The maximum Gasteiger partial charge on any atom is 0.320 e. The van der Waals surface area contributed by atoms with E-state index in [0.717, 1.165) is 6.20 Å². The normalized spacial score (nSPS) is 10.9. The smallest absolute Gasteiger partial charge is 0.302 e. The van der Waals surface area contributed by atoms with Crippen LogP contribution < -0.4 is 5.32 Å². The average Bonchev–Trinajstić information content (AvgIpc) is 3.22. The maximum atomic E-state index is 13.9. The van der Waals surface area contributed by atoms with Crippen LogP contribution in [0.25, 0.3) is 0 Å². The molecule has 2 heterocycles. The summed E-state index contributed by atoms with van der Waals surface area (Å²) in [4.78, 5) is 22.8. The molecule has 0 unspecified atom stereocenters. The molecule has 0 radical (unpaired) electrons. The molecule has 0 spiro atoms. The first-order valence-corrected chi connectivity index (χ1v) is 8.74. The highest BCUT2D eigenvalue weighted by Crippen LogP contribution is 2.25. The quantitative estimate of drug-likeness (QED) is 0.476. The van der Waals surface area contributed by atoms with Crippen LogP contribution in [0.2, 0.25) is 10.0 Å². The number of carbonyl (C=O) groups is 1. The van der Waals surface area contributed by atoms with Gasteiger partial charge < -0.3 is 5.32 Å². The minimum atomic E-state index is -0.838. The van der Waals surface area contributed by atoms with Crippen LogP contribution in [0.1, 0.15) is 23.0 Å². The largest absolute Gasteiger partial charge is 0.320 e. The molecule has 3 aromatic rings. The fourth-order valence-corrected chi connectivity index (χ4v) is 2.86. The van der Waals surface area contributed by atoms with E-state index in [1.54, 1.807) is 6.92 Å². The Bertz CT molecular complexity index is 1040. The highest BCUT2D eigenvalue weighted by atomic mass is 35.5. The Morgan fingerprint density at radius 3 is 2.64 bits per heavy atom.